The molecule has 2 aromatic carbocycles. The molecule has 0 saturated carbocycles. The summed E-state index contributed by atoms with van der Waals surface area (Å²) >= 11 is 0. The van der Waals surface area contributed by atoms with Gasteiger partial charge < -0.3 is 20.3 Å². The summed E-state index contributed by atoms with van der Waals surface area (Å²) in [7, 11) is 3.43. The summed E-state index contributed by atoms with van der Waals surface area (Å²) in [5.41, 5.74) is 3.25. The molecule has 9 heteroatoms. The quantitative estimate of drug-likeness (QED) is 0.432. The van der Waals surface area contributed by atoms with Crippen LogP contribution >= 0.6 is 0 Å². The van der Waals surface area contributed by atoms with Gasteiger partial charge in [0.2, 0.25) is 5.91 Å². The number of amides is 3. The molecule has 1 aromatic heterocycles. The molecule has 3 amide bonds. The van der Waals surface area contributed by atoms with Crippen molar-refractivity contribution in [2.24, 2.45) is 0 Å². The zero-order valence-electron chi connectivity index (χ0n) is 22.6. The summed E-state index contributed by atoms with van der Waals surface area (Å²) in [5.74, 6) is 1.60. The van der Waals surface area contributed by atoms with Crippen molar-refractivity contribution in [3.05, 3.63) is 90.0 Å². The Kier molecular flexibility index (Phi) is 7.57. The minimum absolute atomic E-state index is 0.123. The lowest BCUT2D eigenvalue weighted by atomic mass is 9.92. The summed E-state index contributed by atoms with van der Waals surface area (Å²) < 4.78 is 7.67. The van der Waals surface area contributed by atoms with E-state index in [1.54, 1.807) is 59.2 Å². The third kappa shape index (κ3) is 6.23. The van der Waals surface area contributed by atoms with Gasteiger partial charge >= 0.3 is 6.03 Å². The normalized spacial score (nSPS) is 15.1. The van der Waals surface area contributed by atoms with E-state index in [4.69, 9.17) is 9.84 Å². The molecule has 0 aliphatic carbocycles. The van der Waals surface area contributed by atoms with Crippen molar-refractivity contribution in [3.8, 4) is 11.4 Å². The van der Waals surface area contributed by atoms with Gasteiger partial charge in [0.1, 0.15) is 23.4 Å². The molecule has 1 unspecified atom stereocenters. The fourth-order valence-corrected chi connectivity index (χ4v) is 3.90. The molecule has 198 valence electrons. The molecule has 0 saturated heterocycles. The standard InChI is InChI=1S/C29H34N6O3/c1-19-8-7-9-21(16-19)35-26(18-25(33-35)29(2,3)4)32-28(37)31-20-10-12-22(13-11-20)38-23-14-15-34(6)24(17-23)27(36)30-5/h7-18,24H,1-6H3,(H,30,36)(H2,31,32,37). The first-order chi connectivity index (χ1) is 18.0. The minimum Gasteiger partial charge on any atom is -0.458 e. The van der Waals surface area contributed by atoms with Gasteiger partial charge in [-0.25, -0.2) is 9.48 Å². The van der Waals surface area contributed by atoms with Crippen LogP contribution < -0.4 is 20.7 Å². The van der Waals surface area contributed by atoms with Gasteiger partial charge in [0.05, 0.1) is 11.4 Å². The second kappa shape index (κ2) is 10.8. The second-order valence-electron chi connectivity index (χ2n) is 10.2. The summed E-state index contributed by atoms with van der Waals surface area (Å²) in [6, 6.07) is 16.0. The van der Waals surface area contributed by atoms with Crippen molar-refractivity contribution >= 4 is 23.4 Å². The van der Waals surface area contributed by atoms with Crippen molar-refractivity contribution in [3.63, 3.8) is 0 Å². The molecular weight excluding hydrogens is 480 g/mol. The lowest BCUT2D eigenvalue weighted by molar-refractivity contribution is -0.123. The fraction of sp³-hybridized carbons (Fsp3) is 0.276. The first-order valence-corrected chi connectivity index (χ1v) is 12.4. The third-order valence-corrected chi connectivity index (χ3v) is 6.06. The average molecular weight is 515 g/mol. The largest absolute Gasteiger partial charge is 0.458 e. The van der Waals surface area contributed by atoms with E-state index >= 15 is 0 Å². The maximum Gasteiger partial charge on any atom is 0.324 e. The molecule has 3 aromatic rings. The molecule has 38 heavy (non-hydrogen) atoms. The smallest absolute Gasteiger partial charge is 0.324 e. The van der Waals surface area contributed by atoms with Gasteiger partial charge in [-0.05, 0) is 61.0 Å². The van der Waals surface area contributed by atoms with Crippen molar-refractivity contribution in [2.75, 3.05) is 24.7 Å². The average Bonchev–Trinajstić information content (AvgIpc) is 3.30. The van der Waals surface area contributed by atoms with Gasteiger partial charge in [0, 0.05) is 37.5 Å². The number of allylic oxidation sites excluding steroid dienone is 1. The van der Waals surface area contributed by atoms with E-state index in [1.165, 1.54) is 0 Å². The third-order valence-electron chi connectivity index (χ3n) is 6.06. The van der Waals surface area contributed by atoms with Crippen LogP contribution in [0.5, 0.6) is 5.75 Å². The highest BCUT2D eigenvalue weighted by Gasteiger charge is 2.23. The van der Waals surface area contributed by atoms with E-state index in [0.29, 0.717) is 23.0 Å². The maximum atomic E-state index is 12.9. The molecule has 0 spiro atoms. The van der Waals surface area contributed by atoms with E-state index in [0.717, 1.165) is 16.9 Å². The van der Waals surface area contributed by atoms with Gasteiger partial charge in [-0.2, -0.15) is 5.10 Å². The molecule has 3 N–H and O–H groups in total. The predicted octanol–water partition coefficient (Wildman–Crippen LogP) is 4.96. The molecular formula is C29H34N6O3. The van der Waals surface area contributed by atoms with Crippen LogP contribution in [0.15, 0.2) is 78.7 Å². The first kappa shape index (κ1) is 26.5. The highest BCUT2D eigenvalue weighted by Crippen LogP contribution is 2.27. The number of aromatic nitrogens is 2. The Hall–Kier alpha value is -4.53. The van der Waals surface area contributed by atoms with Crippen LogP contribution in [-0.2, 0) is 10.2 Å². The highest BCUT2D eigenvalue weighted by molar-refractivity contribution is 5.99. The number of urea groups is 1. The van der Waals surface area contributed by atoms with Gasteiger partial charge in [-0.15, -0.1) is 0 Å². The highest BCUT2D eigenvalue weighted by atomic mass is 16.5. The number of benzene rings is 2. The minimum atomic E-state index is -0.448. The number of carbonyl (C=O) groups is 2. The van der Waals surface area contributed by atoms with Crippen LogP contribution in [0.2, 0.25) is 0 Å². The van der Waals surface area contributed by atoms with E-state index in [1.807, 2.05) is 44.3 Å². The molecule has 1 aliphatic heterocycles. The molecule has 2 heterocycles. The fourth-order valence-electron chi connectivity index (χ4n) is 3.90. The van der Waals surface area contributed by atoms with Crippen LogP contribution in [0.4, 0.5) is 16.3 Å². The summed E-state index contributed by atoms with van der Waals surface area (Å²) in [5, 5.41) is 13.2. The van der Waals surface area contributed by atoms with E-state index < -0.39 is 6.04 Å². The van der Waals surface area contributed by atoms with Gasteiger partial charge in [-0.1, -0.05) is 32.9 Å². The molecule has 0 radical (unpaired) electrons. The second-order valence-corrected chi connectivity index (χ2v) is 10.2. The number of hydrogen-bond acceptors (Lipinski definition) is 5. The van der Waals surface area contributed by atoms with Gasteiger partial charge in [0.15, 0.2) is 0 Å². The van der Waals surface area contributed by atoms with Gasteiger partial charge in [0.25, 0.3) is 0 Å². The zero-order chi connectivity index (χ0) is 27.4. The summed E-state index contributed by atoms with van der Waals surface area (Å²) in [6.45, 7) is 8.27. The Bertz CT molecular complexity index is 1380. The van der Waals surface area contributed by atoms with Crippen LogP contribution in [0, 0.1) is 6.92 Å². The topological polar surface area (TPSA) is 101 Å². The SMILES string of the molecule is CNC(=O)C1C=C(Oc2ccc(NC(=O)Nc3cc(C(C)(C)C)nn3-c3cccc(C)c3)cc2)C=CN1C. The van der Waals surface area contributed by atoms with Crippen molar-refractivity contribution in [1.29, 1.82) is 0 Å². The lowest BCUT2D eigenvalue weighted by Gasteiger charge is -2.26. The number of hydrogen-bond donors (Lipinski definition) is 3. The van der Waals surface area contributed by atoms with Crippen LogP contribution in [0.3, 0.4) is 0 Å². The Labute approximate surface area is 223 Å². The Balaban J connectivity index is 1.45. The monoisotopic (exact) mass is 514 g/mol. The number of nitrogens with zero attached hydrogens (tertiary/aromatic N) is 3. The number of aryl methyl sites for hydroxylation is 1. The predicted molar refractivity (Wildman–Crippen MR) is 150 cm³/mol. The number of anilines is 2. The molecule has 1 atom stereocenters. The van der Waals surface area contributed by atoms with Crippen molar-refractivity contribution < 1.29 is 14.3 Å². The number of ether oxygens (including phenoxy) is 1. The number of rotatable bonds is 6. The molecule has 1 aliphatic rings. The van der Waals surface area contributed by atoms with Crippen molar-refractivity contribution in [2.45, 2.75) is 39.2 Å². The number of nitrogens with one attached hydrogen (secondary N) is 3. The van der Waals surface area contributed by atoms with Crippen LogP contribution in [0.1, 0.15) is 32.0 Å². The Morgan fingerprint density at radius 3 is 2.42 bits per heavy atom. The zero-order valence-corrected chi connectivity index (χ0v) is 22.6. The molecule has 0 fully saturated rings. The van der Waals surface area contributed by atoms with Crippen LogP contribution in [-0.4, -0.2) is 46.8 Å². The first-order valence-electron chi connectivity index (χ1n) is 12.4. The van der Waals surface area contributed by atoms with Crippen molar-refractivity contribution in [1.82, 2.24) is 20.0 Å². The number of likely N-dealkylation sites (N-methyl/N-ethyl adjacent to an activating group) is 2. The summed E-state index contributed by atoms with van der Waals surface area (Å²) in [4.78, 5) is 26.8. The summed E-state index contributed by atoms with van der Waals surface area (Å²) in [6.07, 6.45) is 5.34. The van der Waals surface area contributed by atoms with E-state index in [-0.39, 0.29) is 17.4 Å². The molecule has 9 nitrogen and oxygen atoms in total. The van der Waals surface area contributed by atoms with Gasteiger partial charge in [-0.3, -0.25) is 10.1 Å². The van der Waals surface area contributed by atoms with E-state index in [2.05, 4.69) is 36.7 Å². The Morgan fingerprint density at radius 2 is 1.76 bits per heavy atom. The van der Waals surface area contributed by atoms with Crippen LogP contribution in [0.25, 0.3) is 5.69 Å². The molecule has 4 rings (SSSR count). The van der Waals surface area contributed by atoms with E-state index in [9.17, 15) is 9.59 Å². The Morgan fingerprint density at radius 1 is 1.03 bits per heavy atom. The maximum absolute atomic E-state index is 12.9. The molecule has 0 bridgehead atoms. The number of carbonyl (C=O) groups excluding carboxylic acids is 2. The lowest BCUT2D eigenvalue weighted by Crippen LogP contribution is -2.41.